The second kappa shape index (κ2) is 6.50. The first kappa shape index (κ1) is 14.4. The van der Waals surface area contributed by atoms with E-state index in [-0.39, 0.29) is 0 Å². The number of aromatic nitrogens is 3. The largest absolute Gasteiger partial charge is 0.354 e. The number of nitriles is 1. The molecule has 22 heavy (non-hydrogen) atoms. The number of anilines is 1. The number of rotatable bonds is 4. The summed E-state index contributed by atoms with van der Waals surface area (Å²) in [5.41, 5.74) is 0.636. The highest BCUT2D eigenvalue weighted by molar-refractivity contribution is 5.54. The van der Waals surface area contributed by atoms with Gasteiger partial charge < -0.3 is 4.90 Å². The molecule has 0 N–H and O–H groups in total. The Morgan fingerprint density at radius 1 is 1.27 bits per heavy atom. The van der Waals surface area contributed by atoms with Gasteiger partial charge in [-0.2, -0.15) is 5.26 Å². The van der Waals surface area contributed by atoms with Gasteiger partial charge in [0.05, 0.1) is 12.1 Å². The van der Waals surface area contributed by atoms with Gasteiger partial charge in [0, 0.05) is 37.7 Å². The first-order valence-corrected chi connectivity index (χ1v) is 7.34. The molecule has 3 rings (SSSR count). The minimum atomic E-state index is 0.414. The van der Waals surface area contributed by atoms with Gasteiger partial charge in [-0.05, 0) is 31.7 Å². The zero-order valence-corrected chi connectivity index (χ0v) is 12.6. The van der Waals surface area contributed by atoms with E-state index in [2.05, 4.69) is 37.9 Å². The van der Waals surface area contributed by atoms with Gasteiger partial charge in [0.25, 0.3) is 0 Å². The van der Waals surface area contributed by atoms with Crippen molar-refractivity contribution >= 4 is 5.82 Å². The molecule has 1 saturated heterocycles. The lowest BCUT2D eigenvalue weighted by molar-refractivity contribution is 0.244. The van der Waals surface area contributed by atoms with Gasteiger partial charge in [0.1, 0.15) is 17.7 Å². The summed E-state index contributed by atoms with van der Waals surface area (Å²) in [6.07, 6.45) is 6.32. The van der Waals surface area contributed by atoms with Crippen LogP contribution >= 0.6 is 0 Å². The van der Waals surface area contributed by atoms with Gasteiger partial charge in [0.15, 0.2) is 0 Å². The van der Waals surface area contributed by atoms with E-state index in [4.69, 9.17) is 0 Å². The number of nitrogens with zero attached hydrogens (tertiary/aromatic N) is 6. The Morgan fingerprint density at radius 3 is 2.82 bits per heavy atom. The molecule has 0 spiro atoms. The van der Waals surface area contributed by atoms with E-state index in [1.807, 2.05) is 12.1 Å². The van der Waals surface area contributed by atoms with Crippen molar-refractivity contribution in [2.24, 2.45) is 0 Å². The van der Waals surface area contributed by atoms with E-state index in [0.29, 0.717) is 11.6 Å². The van der Waals surface area contributed by atoms with Crippen molar-refractivity contribution in [3.63, 3.8) is 0 Å². The van der Waals surface area contributed by atoms with Crippen LogP contribution in [0, 0.1) is 11.3 Å². The van der Waals surface area contributed by atoms with E-state index in [1.54, 1.807) is 24.7 Å². The molecule has 1 aliphatic rings. The molecule has 1 atom stereocenters. The van der Waals surface area contributed by atoms with Crippen LogP contribution in [-0.4, -0.2) is 46.0 Å². The zero-order chi connectivity index (χ0) is 15.4. The third kappa shape index (κ3) is 3.05. The maximum Gasteiger partial charge on any atom is 0.146 e. The molecule has 0 aliphatic carbocycles. The highest BCUT2D eigenvalue weighted by Crippen LogP contribution is 2.23. The fraction of sp³-hybridized carbons (Fsp3) is 0.375. The predicted molar refractivity (Wildman–Crippen MR) is 83.1 cm³/mol. The smallest absolute Gasteiger partial charge is 0.146 e. The van der Waals surface area contributed by atoms with Crippen molar-refractivity contribution < 1.29 is 0 Å². The number of pyridine rings is 1. The normalized spacial score (nSPS) is 17.7. The van der Waals surface area contributed by atoms with Gasteiger partial charge in [-0.25, -0.2) is 15.0 Å². The topological polar surface area (TPSA) is 68.9 Å². The fourth-order valence-corrected chi connectivity index (χ4v) is 2.79. The molecule has 1 fully saturated rings. The van der Waals surface area contributed by atoms with Crippen LogP contribution in [0.2, 0.25) is 0 Å². The Morgan fingerprint density at radius 2 is 2.05 bits per heavy atom. The maximum absolute atomic E-state index is 9.21. The van der Waals surface area contributed by atoms with Crippen LogP contribution in [0.25, 0.3) is 0 Å². The second-order valence-electron chi connectivity index (χ2n) is 5.46. The monoisotopic (exact) mass is 294 g/mol. The molecule has 3 heterocycles. The minimum absolute atomic E-state index is 0.414. The van der Waals surface area contributed by atoms with Crippen molar-refractivity contribution in [3.05, 3.63) is 48.2 Å². The minimum Gasteiger partial charge on any atom is -0.354 e. The van der Waals surface area contributed by atoms with Crippen molar-refractivity contribution in [2.45, 2.75) is 19.0 Å². The van der Waals surface area contributed by atoms with Crippen LogP contribution in [0.15, 0.2) is 36.8 Å². The van der Waals surface area contributed by atoms with Gasteiger partial charge in [-0.15, -0.1) is 0 Å². The third-order valence-electron chi connectivity index (χ3n) is 4.00. The zero-order valence-electron chi connectivity index (χ0n) is 12.6. The van der Waals surface area contributed by atoms with Crippen LogP contribution in [0.3, 0.4) is 0 Å². The summed E-state index contributed by atoms with van der Waals surface area (Å²) in [6, 6.07) is 8.07. The summed E-state index contributed by atoms with van der Waals surface area (Å²) in [4.78, 5) is 17.4. The molecule has 0 aromatic carbocycles. The summed E-state index contributed by atoms with van der Waals surface area (Å²) >= 11 is 0. The summed E-state index contributed by atoms with van der Waals surface area (Å²) in [7, 11) is 2.09. The van der Waals surface area contributed by atoms with Crippen molar-refractivity contribution in [3.8, 4) is 6.07 Å². The SMILES string of the molecule is CN(Cc1ncccn1)[C@H]1CCN(c2ncccc2C#N)C1. The molecule has 0 unspecified atom stereocenters. The van der Waals surface area contributed by atoms with Crippen LogP contribution in [0.5, 0.6) is 0 Å². The quantitative estimate of drug-likeness (QED) is 0.850. The molecule has 0 saturated carbocycles. The molecular formula is C16H18N6. The molecule has 2 aromatic heterocycles. The van der Waals surface area contributed by atoms with Crippen molar-refractivity contribution in [1.29, 1.82) is 5.26 Å². The summed E-state index contributed by atoms with van der Waals surface area (Å²) in [5, 5.41) is 9.21. The summed E-state index contributed by atoms with van der Waals surface area (Å²) in [5.74, 6) is 1.62. The highest BCUT2D eigenvalue weighted by Gasteiger charge is 2.28. The Bertz CT molecular complexity index is 666. The average Bonchev–Trinajstić information content (AvgIpc) is 3.05. The standard InChI is InChI=1S/C16H18N6/c1-21(12-15-18-7-3-8-19-15)14-5-9-22(11-14)16-13(10-17)4-2-6-20-16/h2-4,6-8,14H,5,9,11-12H2,1H3/t14-/m0/s1. The van der Waals surface area contributed by atoms with Gasteiger partial charge in [-0.3, -0.25) is 4.90 Å². The van der Waals surface area contributed by atoms with Crippen molar-refractivity contribution in [2.75, 3.05) is 25.0 Å². The second-order valence-corrected chi connectivity index (χ2v) is 5.46. The lowest BCUT2D eigenvalue weighted by atomic mass is 10.2. The molecule has 1 aliphatic heterocycles. The fourth-order valence-electron chi connectivity index (χ4n) is 2.79. The first-order chi connectivity index (χ1) is 10.8. The lowest BCUT2D eigenvalue weighted by Crippen LogP contribution is -2.35. The third-order valence-corrected chi connectivity index (χ3v) is 4.00. The van der Waals surface area contributed by atoms with Gasteiger partial charge >= 0.3 is 0 Å². The van der Waals surface area contributed by atoms with Crippen molar-refractivity contribution in [1.82, 2.24) is 19.9 Å². The van der Waals surface area contributed by atoms with Crippen LogP contribution in [0.1, 0.15) is 17.8 Å². The van der Waals surface area contributed by atoms with E-state index in [1.165, 1.54) is 0 Å². The number of hydrogen-bond donors (Lipinski definition) is 0. The van der Waals surface area contributed by atoms with Gasteiger partial charge in [-0.1, -0.05) is 0 Å². The molecule has 6 nitrogen and oxygen atoms in total. The van der Waals surface area contributed by atoms with E-state index in [0.717, 1.165) is 37.7 Å². The molecule has 112 valence electrons. The summed E-state index contributed by atoms with van der Waals surface area (Å²) < 4.78 is 0. The lowest BCUT2D eigenvalue weighted by Gasteiger charge is -2.24. The van der Waals surface area contributed by atoms with E-state index < -0.39 is 0 Å². The Labute approximate surface area is 130 Å². The highest BCUT2D eigenvalue weighted by atomic mass is 15.3. The molecule has 0 amide bonds. The van der Waals surface area contributed by atoms with Crippen LogP contribution < -0.4 is 4.90 Å². The Hall–Kier alpha value is -2.52. The van der Waals surface area contributed by atoms with E-state index in [9.17, 15) is 5.26 Å². The number of likely N-dealkylation sites (N-methyl/N-ethyl adjacent to an activating group) is 1. The predicted octanol–water partition coefficient (Wildman–Crippen LogP) is 1.45. The van der Waals surface area contributed by atoms with Crippen LogP contribution in [-0.2, 0) is 6.54 Å². The average molecular weight is 294 g/mol. The molecule has 0 bridgehead atoms. The molecule has 6 heteroatoms. The molecule has 0 radical (unpaired) electrons. The molecular weight excluding hydrogens is 276 g/mol. The summed E-state index contributed by atoms with van der Waals surface area (Å²) in [6.45, 7) is 2.51. The maximum atomic E-state index is 9.21. The number of hydrogen-bond acceptors (Lipinski definition) is 6. The van der Waals surface area contributed by atoms with Crippen LogP contribution in [0.4, 0.5) is 5.82 Å². The molecule has 2 aromatic rings. The van der Waals surface area contributed by atoms with Gasteiger partial charge in [0.2, 0.25) is 0 Å². The Kier molecular flexibility index (Phi) is 4.26. The van der Waals surface area contributed by atoms with E-state index >= 15 is 0 Å². The first-order valence-electron chi connectivity index (χ1n) is 7.34. The Balaban J connectivity index is 1.66.